The molecule has 0 saturated carbocycles. The molecule has 1 aliphatic rings. The van der Waals surface area contributed by atoms with E-state index in [0.29, 0.717) is 19.5 Å². The molecule has 28 heavy (non-hydrogen) atoms. The molecule has 2 unspecified atom stereocenters. The largest absolute Gasteiger partial charge is 0.378 e. The van der Waals surface area contributed by atoms with E-state index in [2.05, 4.69) is 48.2 Å². The van der Waals surface area contributed by atoms with Gasteiger partial charge in [-0.1, -0.05) is 49.4 Å². The molecule has 1 heterocycles. The number of carbonyl (C=O) groups excluding carboxylic acids is 1. The summed E-state index contributed by atoms with van der Waals surface area (Å²) in [6.45, 7) is 4.25. The first kappa shape index (κ1) is 20.4. The lowest BCUT2D eigenvalue weighted by molar-refractivity contribution is -0.133. The summed E-state index contributed by atoms with van der Waals surface area (Å²) in [5, 5.41) is 0. The van der Waals surface area contributed by atoms with Gasteiger partial charge in [0.15, 0.2) is 0 Å². The van der Waals surface area contributed by atoms with E-state index >= 15 is 0 Å². The van der Waals surface area contributed by atoms with Gasteiger partial charge in [0.05, 0.1) is 6.10 Å². The molecule has 0 spiro atoms. The molecule has 0 N–H and O–H groups in total. The predicted molar refractivity (Wildman–Crippen MR) is 115 cm³/mol. The van der Waals surface area contributed by atoms with Crippen LogP contribution in [0.4, 0.5) is 5.69 Å². The van der Waals surface area contributed by atoms with Crippen molar-refractivity contribution in [3.8, 4) is 0 Å². The van der Waals surface area contributed by atoms with Crippen LogP contribution in [0.15, 0.2) is 54.6 Å². The van der Waals surface area contributed by atoms with Gasteiger partial charge < -0.3 is 14.5 Å². The second-order valence-electron chi connectivity index (χ2n) is 7.99. The van der Waals surface area contributed by atoms with Gasteiger partial charge in [0.2, 0.25) is 5.91 Å². The Labute approximate surface area is 169 Å². The number of nitrogens with zero attached hydrogens (tertiary/aromatic N) is 2. The third-order valence-corrected chi connectivity index (χ3v) is 5.48. The fraction of sp³-hybridized carbons (Fsp3) is 0.458. The number of anilines is 1. The Bertz CT molecular complexity index is 737. The molecular weight excluding hydrogens is 348 g/mol. The minimum atomic E-state index is 0.164. The first-order valence-corrected chi connectivity index (χ1v) is 10.2. The van der Waals surface area contributed by atoms with Gasteiger partial charge >= 0.3 is 0 Å². The highest BCUT2D eigenvalue weighted by Gasteiger charge is 2.24. The second-order valence-corrected chi connectivity index (χ2v) is 7.99. The normalized spacial score (nSPS) is 17.3. The molecule has 2 aromatic rings. The molecule has 0 aliphatic carbocycles. The zero-order valence-corrected chi connectivity index (χ0v) is 17.3. The third-order valence-electron chi connectivity index (χ3n) is 5.48. The first-order chi connectivity index (χ1) is 13.5. The van der Waals surface area contributed by atoms with Crippen molar-refractivity contribution >= 4 is 11.6 Å². The van der Waals surface area contributed by atoms with Gasteiger partial charge in [-0.25, -0.2) is 0 Å². The highest BCUT2D eigenvalue weighted by atomic mass is 16.5. The molecule has 1 fully saturated rings. The van der Waals surface area contributed by atoms with Crippen LogP contribution in [-0.4, -0.2) is 44.2 Å². The monoisotopic (exact) mass is 380 g/mol. The molecule has 4 heteroatoms. The molecule has 1 amide bonds. The lowest BCUT2D eigenvalue weighted by Gasteiger charge is -2.27. The number of hydrogen-bond acceptors (Lipinski definition) is 3. The average Bonchev–Trinajstić information content (AvgIpc) is 3.21. The molecule has 2 atom stereocenters. The van der Waals surface area contributed by atoms with Crippen LogP contribution in [0.1, 0.15) is 43.2 Å². The van der Waals surface area contributed by atoms with E-state index < -0.39 is 0 Å². The van der Waals surface area contributed by atoms with Gasteiger partial charge in [-0.15, -0.1) is 0 Å². The Balaban J connectivity index is 1.69. The number of rotatable bonds is 8. The van der Waals surface area contributed by atoms with Gasteiger partial charge in [0.25, 0.3) is 0 Å². The topological polar surface area (TPSA) is 32.8 Å². The lowest BCUT2D eigenvalue weighted by atomic mass is 9.97. The van der Waals surface area contributed by atoms with Crippen molar-refractivity contribution in [1.29, 1.82) is 0 Å². The molecule has 4 nitrogen and oxygen atoms in total. The number of hydrogen-bond donors (Lipinski definition) is 0. The Morgan fingerprint density at radius 1 is 1.11 bits per heavy atom. The van der Waals surface area contributed by atoms with Gasteiger partial charge in [-0.05, 0) is 42.0 Å². The summed E-state index contributed by atoms with van der Waals surface area (Å²) in [6.07, 6.45) is 2.81. The summed E-state index contributed by atoms with van der Waals surface area (Å²) in [4.78, 5) is 17.2. The summed E-state index contributed by atoms with van der Waals surface area (Å²) < 4.78 is 5.81. The highest BCUT2D eigenvalue weighted by Crippen LogP contribution is 2.22. The van der Waals surface area contributed by atoms with Crippen molar-refractivity contribution in [2.24, 2.45) is 0 Å². The molecule has 1 aliphatic heterocycles. The summed E-state index contributed by atoms with van der Waals surface area (Å²) in [5.41, 5.74) is 3.53. The zero-order chi connectivity index (χ0) is 19.9. The fourth-order valence-corrected chi connectivity index (χ4v) is 3.70. The van der Waals surface area contributed by atoms with Crippen molar-refractivity contribution in [2.45, 2.75) is 44.8 Å². The quantitative estimate of drug-likeness (QED) is 0.678. The molecule has 1 saturated heterocycles. The maximum absolute atomic E-state index is 13.2. The molecular formula is C24H32N2O2. The van der Waals surface area contributed by atoms with Crippen LogP contribution in [0.2, 0.25) is 0 Å². The van der Waals surface area contributed by atoms with Crippen molar-refractivity contribution in [3.63, 3.8) is 0 Å². The van der Waals surface area contributed by atoms with E-state index in [1.807, 2.05) is 37.2 Å². The maximum atomic E-state index is 13.2. The minimum absolute atomic E-state index is 0.164. The van der Waals surface area contributed by atoms with Gasteiger partial charge in [-0.2, -0.15) is 0 Å². The van der Waals surface area contributed by atoms with Gasteiger partial charge in [-0.3, -0.25) is 4.79 Å². The fourth-order valence-electron chi connectivity index (χ4n) is 3.70. The zero-order valence-electron chi connectivity index (χ0n) is 17.3. The van der Waals surface area contributed by atoms with Crippen LogP contribution in [-0.2, 0) is 16.1 Å². The Kier molecular flexibility index (Phi) is 7.10. The van der Waals surface area contributed by atoms with Gasteiger partial charge in [0, 0.05) is 45.9 Å². The van der Waals surface area contributed by atoms with Crippen LogP contribution in [0.25, 0.3) is 0 Å². The van der Waals surface area contributed by atoms with Crippen LogP contribution < -0.4 is 4.90 Å². The van der Waals surface area contributed by atoms with Crippen LogP contribution >= 0.6 is 0 Å². The Morgan fingerprint density at radius 2 is 1.82 bits per heavy atom. The van der Waals surface area contributed by atoms with Crippen LogP contribution in [0, 0.1) is 0 Å². The van der Waals surface area contributed by atoms with E-state index in [1.165, 1.54) is 11.3 Å². The van der Waals surface area contributed by atoms with E-state index in [-0.39, 0.29) is 17.9 Å². The van der Waals surface area contributed by atoms with E-state index in [1.54, 1.807) is 0 Å². The molecule has 3 rings (SSSR count). The maximum Gasteiger partial charge on any atom is 0.223 e. The number of amides is 1. The molecule has 150 valence electrons. The third kappa shape index (κ3) is 5.59. The smallest absolute Gasteiger partial charge is 0.223 e. The summed E-state index contributed by atoms with van der Waals surface area (Å²) in [7, 11) is 4.07. The lowest BCUT2D eigenvalue weighted by Crippen LogP contribution is -2.37. The number of benzene rings is 2. The van der Waals surface area contributed by atoms with E-state index in [4.69, 9.17) is 4.74 Å². The van der Waals surface area contributed by atoms with Crippen molar-refractivity contribution < 1.29 is 9.53 Å². The summed E-state index contributed by atoms with van der Waals surface area (Å²) in [6, 6.07) is 18.7. The first-order valence-electron chi connectivity index (χ1n) is 10.2. The predicted octanol–water partition coefficient (Wildman–Crippen LogP) is 4.45. The summed E-state index contributed by atoms with van der Waals surface area (Å²) in [5.74, 6) is 0.403. The Morgan fingerprint density at radius 3 is 2.43 bits per heavy atom. The highest BCUT2D eigenvalue weighted by molar-refractivity contribution is 5.77. The molecule has 0 bridgehead atoms. The number of carbonyl (C=O) groups is 1. The Hall–Kier alpha value is -2.33. The number of ether oxygens (including phenoxy) is 1. The standard InChI is InChI=1S/C24H32N2O2/c1-19(21-8-5-4-6-9-21)16-24(27)26(18-23-10-7-15-28-23)17-20-11-13-22(14-12-20)25(2)3/h4-6,8-9,11-14,19,23H,7,10,15-18H2,1-3H3. The molecule has 0 aromatic heterocycles. The van der Waals surface area contributed by atoms with Crippen LogP contribution in [0.3, 0.4) is 0 Å². The van der Waals surface area contributed by atoms with Crippen molar-refractivity contribution in [3.05, 3.63) is 65.7 Å². The van der Waals surface area contributed by atoms with Gasteiger partial charge in [0.1, 0.15) is 0 Å². The van der Waals surface area contributed by atoms with E-state index in [0.717, 1.165) is 25.0 Å². The van der Waals surface area contributed by atoms with E-state index in [9.17, 15) is 4.79 Å². The molecule has 0 radical (unpaired) electrons. The SMILES string of the molecule is CC(CC(=O)N(Cc1ccc(N(C)C)cc1)CC1CCCO1)c1ccccc1. The second kappa shape index (κ2) is 9.74. The minimum Gasteiger partial charge on any atom is -0.378 e. The summed E-state index contributed by atoms with van der Waals surface area (Å²) >= 11 is 0. The van der Waals surface area contributed by atoms with Crippen molar-refractivity contribution in [1.82, 2.24) is 4.90 Å². The average molecular weight is 381 g/mol. The molecule has 2 aromatic carbocycles. The van der Waals surface area contributed by atoms with Crippen molar-refractivity contribution in [2.75, 3.05) is 32.1 Å². The van der Waals surface area contributed by atoms with Crippen LogP contribution in [0.5, 0.6) is 0 Å².